The van der Waals surface area contributed by atoms with Crippen LogP contribution in [0, 0.1) is 11.6 Å². The third-order valence-corrected chi connectivity index (χ3v) is 2.79. The number of nitrogens with one attached hydrogen (secondary N) is 2. The smallest absolute Gasteiger partial charge is 0.269 e. The number of nitrogens with zero attached hydrogens (tertiary/aromatic N) is 1. The highest BCUT2D eigenvalue weighted by Gasteiger charge is 2.16. The molecule has 1 atom stereocenters. The lowest BCUT2D eigenvalue weighted by Crippen LogP contribution is -2.34. The number of aromatic nitrogens is 2. The maximum absolute atomic E-state index is 13.5. The number of benzene rings is 1. The quantitative estimate of drug-likeness (QED) is 0.796. The number of nitrogen functional groups attached to an aromatic ring is 1. The summed E-state index contributed by atoms with van der Waals surface area (Å²) in [5.41, 5.74) is 5.54. The Hall–Kier alpha value is -2.44. The number of carbonyl (C=O) groups excluding carboxylic acids is 1. The van der Waals surface area contributed by atoms with Crippen LogP contribution in [0.3, 0.4) is 0 Å². The van der Waals surface area contributed by atoms with Crippen molar-refractivity contribution in [3.05, 3.63) is 47.2 Å². The van der Waals surface area contributed by atoms with Gasteiger partial charge in [0.15, 0.2) is 0 Å². The van der Waals surface area contributed by atoms with Gasteiger partial charge in [-0.05, 0) is 25.5 Å². The Balaban J connectivity index is 2.02. The molecule has 0 radical (unpaired) electrons. The van der Waals surface area contributed by atoms with Crippen molar-refractivity contribution in [1.29, 1.82) is 0 Å². The lowest BCUT2D eigenvalue weighted by molar-refractivity contribution is 0.0934. The van der Waals surface area contributed by atoms with Crippen LogP contribution < -0.4 is 11.1 Å². The zero-order valence-corrected chi connectivity index (χ0v) is 10.8. The second kappa shape index (κ2) is 5.68. The molecule has 1 heterocycles. The molecule has 4 N–H and O–H groups in total. The van der Waals surface area contributed by atoms with Gasteiger partial charge >= 0.3 is 0 Å². The first-order valence-corrected chi connectivity index (χ1v) is 6.02. The summed E-state index contributed by atoms with van der Waals surface area (Å²) in [4.78, 5) is 11.8. The SMILES string of the molecule is CC(Cc1c(F)cccc1F)NC(=O)c1cc(N)n[nH]1. The number of carbonyl (C=O) groups is 1. The van der Waals surface area contributed by atoms with Crippen LogP contribution in [0.5, 0.6) is 0 Å². The van der Waals surface area contributed by atoms with Gasteiger partial charge in [0.25, 0.3) is 5.91 Å². The zero-order chi connectivity index (χ0) is 14.7. The number of anilines is 1. The summed E-state index contributed by atoms with van der Waals surface area (Å²) < 4.78 is 27.0. The highest BCUT2D eigenvalue weighted by molar-refractivity contribution is 5.93. The molecule has 0 saturated heterocycles. The molecule has 1 aromatic heterocycles. The van der Waals surface area contributed by atoms with Gasteiger partial charge in [0.2, 0.25) is 0 Å². The van der Waals surface area contributed by atoms with E-state index in [0.717, 1.165) is 0 Å². The number of amides is 1. The Morgan fingerprint density at radius 1 is 1.45 bits per heavy atom. The lowest BCUT2D eigenvalue weighted by atomic mass is 10.1. The summed E-state index contributed by atoms with van der Waals surface area (Å²) in [6.45, 7) is 1.66. The molecule has 2 aromatic rings. The number of nitrogens with two attached hydrogens (primary N) is 1. The first kappa shape index (κ1) is 14.0. The zero-order valence-electron chi connectivity index (χ0n) is 10.8. The second-order valence-electron chi connectivity index (χ2n) is 4.49. The van der Waals surface area contributed by atoms with Gasteiger partial charge in [-0.2, -0.15) is 5.10 Å². The number of halogens is 2. The fraction of sp³-hybridized carbons (Fsp3) is 0.231. The first-order valence-electron chi connectivity index (χ1n) is 6.02. The van der Waals surface area contributed by atoms with Crippen LogP contribution in [0.15, 0.2) is 24.3 Å². The molecule has 20 heavy (non-hydrogen) atoms. The highest BCUT2D eigenvalue weighted by Crippen LogP contribution is 2.14. The van der Waals surface area contributed by atoms with E-state index >= 15 is 0 Å². The minimum atomic E-state index is -0.628. The van der Waals surface area contributed by atoms with Gasteiger partial charge in [0, 0.05) is 17.7 Å². The molecular weight excluding hydrogens is 266 g/mol. The first-order chi connectivity index (χ1) is 9.47. The van der Waals surface area contributed by atoms with E-state index < -0.39 is 23.6 Å². The molecule has 7 heteroatoms. The highest BCUT2D eigenvalue weighted by atomic mass is 19.1. The molecule has 5 nitrogen and oxygen atoms in total. The summed E-state index contributed by atoms with van der Waals surface area (Å²) in [6, 6.07) is 4.60. The number of hydrogen-bond donors (Lipinski definition) is 3. The van der Waals surface area contributed by atoms with Crippen LogP contribution in [0.4, 0.5) is 14.6 Å². The van der Waals surface area contributed by atoms with Gasteiger partial charge in [-0.1, -0.05) is 6.07 Å². The summed E-state index contributed by atoms with van der Waals surface area (Å²) in [6.07, 6.45) is 0.0495. The van der Waals surface area contributed by atoms with Crippen molar-refractivity contribution in [1.82, 2.24) is 15.5 Å². The maximum Gasteiger partial charge on any atom is 0.269 e. The molecule has 0 spiro atoms. The van der Waals surface area contributed by atoms with E-state index in [-0.39, 0.29) is 23.5 Å². The number of rotatable bonds is 4. The van der Waals surface area contributed by atoms with Gasteiger partial charge in [-0.15, -0.1) is 0 Å². The molecule has 1 unspecified atom stereocenters. The van der Waals surface area contributed by atoms with E-state index in [9.17, 15) is 13.6 Å². The molecule has 0 bridgehead atoms. The van der Waals surface area contributed by atoms with Crippen molar-refractivity contribution in [3.8, 4) is 0 Å². The van der Waals surface area contributed by atoms with Crippen molar-refractivity contribution < 1.29 is 13.6 Å². The van der Waals surface area contributed by atoms with Gasteiger partial charge in [0.1, 0.15) is 23.1 Å². The van der Waals surface area contributed by atoms with Crippen molar-refractivity contribution in [2.24, 2.45) is 0 Å². The van der Waals surface area contributed by atoms with Crippen molar-refractivity contribution in [2.75, 3.05) is 5.73 Å². The van der Waals surface area contributed by atoms with Crippen molar-refractivity contribution in [3.63, 3.8) is 0 Å². The van der Waals surface area contributed by atoms with Gasteiger partial charge in [-0.3, -0.25) is 9.89 Å². The normalized spacial score (nSPS) is 12.2. The van der Waals surface area contributed by atoms with E-state index in [1.54, 1.807) is 6.92 Å². The topological polar surface area (TPSA) is 83.8 Å². The number of H-pyrrole nitrogens is 1. The van der Waals surface area contributed by atoms with Gasteiger partial charge in [-0.25, -0.2) is 8.78 Å². The minimum Gasteiger partial charge on any atom is -0.382 e. The molecule has 0 aliphatic heterocycles. The molecule has 0 aliphatic rings. The monoisotopic (exact) mass is 280 g/mol. The molecule has 2 rings (SSSR count). The summed E-state index contributed by atoms with van der Waals surface area (Å²) in [5.74, 6) is -1.49. The van der Waals surface area contributed by atoms with E-state index in [0.29, 0.717) is 0 Å². The summed E-state index contributed by atoms with van der Waals surface area (Å²) >= 11 is 0. The predicted molar refractivity (Wildman–Crippen MR) is 70.0 cm³/mol. The molecule has 0 aliphatic carbocycles. The lowest BCUT2D eigenvalue weighted by Gasteiger charge is -2.14. The molecule has 106 valence electrons. The van der Waals surface area contributed by atoms with Crippen LogP contribution >= 0.6 is 0 Å². The number of hydrogen-bond acceptors (Lipinski definition) is 3. The van der Waals surface area contributed by atoms with Gasteiger partial charge in [0.05, 0.1) is 0 Å². The Kier molecular flexibility index (Phi) is 3.97. The molecular formula is C13H14F2N4O. The average molecular weight is 280 g/mol. The van der Waals surface area contributed by atoms with Crippen LogP contribution in [0.1, 0.15) is 23.0 Å². The van der Waals surface area contributed by atoms with E-state index in [1.165, 1.54) is 24.3 Å². The fourth-order valence-corrected chi connectivity index (χ4v) is 1.84. The van der Waals surface area contributed by atoms with Crippen LogP contribution in [-0.2, 0) is 6.42 Å². The molecule has 1 aromatic carbocycles. The van der Waals surface area contributed by atoms with Gasteiger partial charge < -0.3 is 11.1 Å². The Bertz CT molecular complexity index is 606. The second-order valence-corrected chi connectivity index (χ2v) is 4.49. The van der Waals surface area contributed by atoms with Crippen LogP contribution in [0.2, 0.25) is 0 Å². The maximum atomic E-state index is 13.5. The Morgan fingerprint density at radius 2 is 2.10 bits per heavy atom. The average Bonchev–Trinajstić information content (AvgIpc) is 2.81. The third kappa shape index (κ3) is 3.11. The van der Waals surface area contributed by atoms with Crippen molar-refractivity contribution in [2.45, 2.75) is 19.4 Å². The van der Waals surface area contributed by atoms with Crippen LogP contribution in [0.25, 0.3) is 0 Å². The Morgan fingerprint density at radius 3 is 2.65 bits per heavy atom. The largest absolute Gasteiger partial charge is 0.382 e. The minimum absolute atomic E-state index is 0.0495. The Labute approximate surface area is 114 Å². The summed E-state index contributed by atoms with van der Waals surface area (Å²) in [5, 5.41) is 8.70. The molecule has 0 saturated carbocycles. The fourth-order valence-electron chi connectivity index (χ4n) is 1.84. The van der Waals surface area contributed by atoms with E-state index in [1.807, 2.05) is 0 Å². The van der Waals surface area contributed by atoms with E-state index in [4.69, 9.17) is 5.73 Å². The molecule has 0 fully saturated rings. The predicted octanol–water partition coefficient (Wildman–Crippen LogP) is 1.63. The molecule has 1 amide bonds. The van der Waals surface area contributed by atoms with E-state index in [2.05, 4.69) is 15.5 Å². The summed E-state index contributed by atoms with van der Waals surface area (Å²) in [7, 11) is 0. The third-order valence-electron chi connectivity index (χ3n) is 2.79. The van der Waals surface area contributed by atoms with Crippen LogP contribution in [-0.4, -0.2) is 22.1 Å². The standard InChI is InChI=1S/C13H14F2N4O/c1-7(5-8-9(14)3-2-4-10(8)15)17-13(20)11-6-12(16)19-18-11/h2-4,6-7H,5H2,1H3,(H,17,20)(H3,16,18,19). The van der Waals surface area contributed by atoms with Crippen molar-refractivity contribution >= 4 is 11.7 Å². The number of aromatic amines is 1.